The number of para-hydroxylation sites is 1. The van der Waals surface area contributed by atoms with Crippen LogP contribution in [0.5, 0.6) is 11.5 Å². The Morgan fingerprint density at radius 2 is 1.61 bits per heavy atom. The van der Waals surface area contributed by atoms with Gasteiger partial charge in [-0.15, -0.1) is 0 Å². The number of methoxy groups -OCH3 is 2. The molecule has 0 radical (unpaired) electrons. The van der Waals surface area contributed by atoms with Gasteiger partial charge in [0.2, 0.25) is 0 Å². The number of anilines is 1. The van der Waals surface area contributed by atoms with Gasteiger partial charge in [-0.05, 0) is 24.1 Å². The number of nitrogens with zero attached hydrogens (tertiary/aromatic N) is 1. The smallest absolute Gasteiger partial charge is 0.286 e. The summed E-state index contributed by atoms with van der Waals surface area (Å²) in [5.41, 5.74) is 0.817. The van der Waals surface area contributed by atoms with Crippen molar-refractivity contribution >= 4 is 23.2 Å². The predicted octanol–water partition coefficient (Wildman–Crippen LogP) is 3.85. The molecule has 188 valence electrons. The molecule has 3 aromatic rings. The first-order chi connectivity index (χ1) is 17.4. The lowest BCUT2D eigenvalue weighted by atomic mass is 10.1. The van der Waals surface area contributed by atoms with Crippen LogP contribution in [0.3, 0.4) is 0 Å². The van der Waals surface area contributed by atoms with Gasteiger partial charge in [0.05, 0.1) is 36.0 Å². The Morgan fingerprint density at radius 1 is 0.889 bits per heavy atom. The summed E-state index contributed by atoms with van der Waals surface area (Å²) in [6, 6.07) is 18.5. The molecule has 0 spiro atoms. The summed E-state index contributed by atoms with van der Waals surface area (Å²) in [4.78, 5) is 36.9. The molecule has 0 unspecified atom stereocenters. The molecule has 0 aromatic heterocycles. The normalized spacial score (nSPS) is 10.4. The van der Waals surface area contributed by atoms with Crippen LogP contribution in [0, 0.1) is 10.1 Å². The maximum atomic E-state index is 13.1. The van der Waals surface area contributed by atoms with E-state index in [0.717, 1.165) is 11.6 Å². The molecule has 0 saturated carbocycles. The van der Waals surface area contributed by atoms with Crippen molar-refractivity contribution in [1.82, 2.24) is 5.32 Å². The maximum Gasteiger partial charge on any atom is 0.286 e. The van der Waals surface area contributed by atoms with E-state index < -0.39 is 16.5 Å². The number of hydrogen-bond donors (Lipinski definition) is 2. The Kier molecular flexibility index (Phi) is 9.35. The number of nitro benzene ring substituents is 1. The highest BCUT2D eigenvalue weighted by Gasteiger charge is 2.26. The summed E-state index contributed by atoms with van der Waals surface area (Å²) < 4.78 is 15.7. The number of rotatable bonds is 12. The average Bonchev–Trinajstić information content (AvgIpc) is 2.89. The molecule has 36 heavy (non-hydrogen) atoms. The summed E-state index contributed by atoms with van der Waals surface area (Å²) >= 11 is 0. The van der Waals surface area contributed by atoms with Gasteiger partial charge in [0.1, 0.15) is 12.2 Å². The molecule has 0 atom stereocenters. The molecule has 0 bridgehead atoms. The zero-order valence-electron chi connectivity index (χ0n) is 20.0. The van der Waals surface area contributed by atoms with Gasteiger partial charge >= 0.3 is 0 Å². The number of nitro groups is 1. The standard InChI is InChI=1S/C26H27N3O7/c1-34-14-15-36-24-17-22(29(32)33)20(16-23(24)35-2)26(31)28-21-11-7-6-10-19(21)25(30)27-13-12-18-8-4-3-5-9-18/h3-11,16-17H,12-15H2,1-2H3,(H,27,30)(H,28,31). The van der Waals surface area contributed by atoms with Crippen molar-refractivity contribution in [2.75, 3.05) is 39.3 Å². The van der Waals surface area contributed by atoms with Gasteiger partial charge in [-0.3, -0.25) is 19.7 Å². The van der Waals surface area contributed by atoms with Crippen LogP contribution in [0.4, 0.5) is 11.4 Å². The lowest BCUT2D eigenvalue weighted by Crippen LogP contribution is -2.27. The highest BCUT2D eigenvalue weighted by molar-refractivity contribution is 6.11. The summed E-state index contributed by atoms with van der Waals surface area (Å²) in [6.45, 7) is 0.810. The fraction of sp³-hybridized carbons (Fsp3) is 0.231. The van der Waals surface area contributed by atoms with Gasteiger partial charge in [-0.1, -0.05) is 42.5 Å². The second-order valence-electron chi connectivity index (χ2n) is 7.61. The second-order valence-corrected chi connectivity index (χ2v) is 7.61. The Hall–Kier alpha value is -4.44. The molecule has 0 aliphatic carbocycles. The third-order valence-corrected chi connectivity index (χ3v) is 5.23. The number of carbonyl (C=O) groups excluding carboxylic acids is 2. The predicted molar refractivity (Wildman–Crippen MR) is 134 cm³/mol. The number of hydrogen-bond acceptors (Lipinski definition) is 7. The largest absolute Gasteiger partial charge is 0.493 e. The lowest BCUT2D eigenvalue weighted by molar-refractivity contribution is -0.385. The van der Waals surface area contributed by atoms with Crippen molar-refractivity contribution in [3.63, 3.8) is 0 Å². The van der Waals surface area contributed by atoms with Crippen molar-refractivity contribution in [1.29, 1.82) is 0 Å². The van der Waals surface area contributed by atoms with Crippen LogP contribution < -0.4 is 20.1 Å². The lowest BCUT2D eigenvalue weighted by Gasteiger charge is -2.14. The van der Waals surface area contributed by atoms with Crippen LogP contribution in [0.25, 0.3) is 0 Å². The van der Waals surface area contributed by atoms with Crippen LogP contribution in [0.2, 0.25) is 0 Å². The number of nitrogens with one attached hydrogen (secondary N) is 2. The molecule has 0 aliphatic heterocycles. The molecule has 0 fully saturated rings. The van der Waals surface area contributed by atoms with Crippen molar-refractivity contribution in [3.8, 4) is 11.5 Å². The highest BCUT2D eigenvalue weighted by Crippen LogP contribution is 2.35. The zero-order chi connectivity index (χ0) is 25.9. The average molecular weight is 494 g/mol. The first-order valence-corrected chi connectivity index (χ1v) is 11.1. The van der Waals surface area contributed by atoms with E-state index >= 15 is 0 Å². The summed E-state index contributed by atoms with van der Waals surface area (Å²) in [5.74, 6) is -0.895. The number of carbonyl (C=O) groups is 2. The highest BCUT2D eigenvalue weighted by atomic mass is 16.6. The molecule has 10 heteroatoms. The van der Waals surface area contributed by atoms with E-state index in [1.807, 2.05) is 30.3 Å². The minimum atomic E-state index is -0.770. The summed E-state index contributed by atoms with van der Waals surface area (Å²) in [7, 11) is 2.86. The van der Waals surface area contributed by atoms with Gasteiger partial charge in [-0.2, -0.15) is 0 Å². The molecule has 0 heterocycles. The van der Waals surface area contributed by atoms with Gasteiger partial charge in [0.25, 0.3) is 17.5 Å². The molecule has 0 saturated heterocycles. The molecule has 3 aromatic carbocycles. The Labute approximate surface area is 208 Å². The van der Waals surface area contributed by atoms with Gasteiger partial charge < -0.3 is 24.8 Å². The van der Waals surface area contributed by atoms with E-state index in [1.165, 1.54) is 20.3 Å². The second kappa shape index (κ2) is 12.9. The van der Waals surface area contributed by atoms with Crippen LogP contribution in [0.15, 0.2) is 66.7 Å². The first-order valence-electron chi connectivity index (χ1n) is 11.1. The van der Waals surface area contributed by atoms with E-state index in [9.17, 15) is 19.7 Å². The Balaban J connectivity index is 1.79. The van der Waals surface area contributed by atoms with E-state index in [4.69, 9.17) is 14.2 Å². The third kappa shape index (κ3) is 6.80. The van der Waals surface area contributed by atoms with Crippen molar-refractivity contribution in [3.05, 3.63) is 93.5 Å². The maximum absolute atomic E-state index is 13.1. The van der Waals surface area contributed by atoms with Gasteiger partial charge in [0, 0.05) is 19.7 Å². The third-order valence-electron chi connectivity index (χ3n) is 5.23. The monoisotopic (exact) mass is 493 g/mol. The topological polar surface area (TPSA) is 129 Å². The van der Waals surface area contributed by atoms with Crippen molar-refractivity contribution in [2.24, 2.45) is 0 Å². The number of amides is 2. The zero-order valence-corrected chi connectivity index (χ0v) is 20.0. The SMILES string of the molecule is COCCOc1cc([N+](=O)[O-])c(C(=O)Nc2ccccc2C(=O)NCCc2ccccc2)cc1OC. The van der Waals surface area contributed by atoms with Crippen LogP contribution in [-0.2, 0) is 11.2 Å². The quantitative estimate of drug-likeness (QED) is 0.223. The van der Waals surface area contributed by atoms with Crippen molar-refractivity contribution < 1.29 is 28.7 Å². The fourth-order valence-electron chi connectivity index (χ4n) is 3.43. The first kappa shape index (κ1) is 26.2. The summed E-state index contributed by atoms with van der Waals surface area (Å²) in [5, 5.41) is 17.2. The van der Waals surface area contributed by atoms with E-state index in [2.05, 4.69) is 10.6 Å². The molecular weight excluding hydrogens is 466 g/mol. The number of ether oxygens (including phenoxy) is 3. The van der Waals surface area contributed by atoms with E-state index in [-0.39, 0.29) is 47.4 Å². The minimum Gasteiger partial charge on any atom is -0.493 e. The summed E-state index contributed by atoms with van der Waals surface area (Å²) in [6.07, 6.45) is 0.645. The Bertz CT molecular complexity index is 1220. The van der Waals surface area contributed by atoms with Crippen LogP contribution in [-0.4, -0.2) is 50.7 Å². The van der Waals surface area contributed by atoms with Gasteiger partial charge in [0.15, 0.2) is 11.5 Å². The molecule has 10 nitrogen and oxygen atoms in total. The number of benzene rings is 3. The van der Waals surface area contributed by atoms with Gasteiger partial charge in [-0.25, -0.2) is 0 Å². The minimum absolute atomic E-state index is 0.107. The molecule has 2 N–H and O–H groups in total. The fourth-order valence-corrected chi connectivity index (χ4v) is 3.43. The molecule has 0 aliphatic rings. The molecule has 2 amide bonds. The van der Waals surface area contributed by atoms with E-state index in [1.54, 1.807) is 24.3 Å². The van der Waals surface area contributed by atoms with E-state index in [0.29, 0.717) is 13.0 Å². The van der Waals surface area contributed by atoms with Crippen LogP contribution in [0.1, 0.15) is 26.3 Å². The van der Waals surface area contributed by atoms with Crippen LogP contribution >= 0.6 is 0 Å². The molecule has 3 rings (SSSR count). The van der Waals surface area contributed by atoms with Crippen molar-refractivity contribution in [2.45, 2.75) is 6.42 Å². The Morgan fingerprint density at radius 3 is 2.31 bits per heavy atom. The molecular formula is C26H27N3O7.